The molecule has 0 saturated carbocycles. The number of ether oxygens (including phenoxy) is 2. The van der Waals surface area contributed by atoms with E-state index in [-0.39, 0.29) is 28.5 Å². The normalized spacial score (nSPS) is 39.3. The van der Waals surface area contributed by atoms with Crippen LogP contribution in [0.15, 0.2) is 24.3 Å². The molecule has 2 aliphatic carbocycles. The third kappa shape index (κ3) is 1.68. The molecule has 2 aliphatic heterocycles. The lowest BCUT2D eigenvalue weighted by Gasteiger charge is -2.56. The first-order chi connectivity index (χ1) is 10.7. The van der Waals surface area contributed by atoms with Gasteiger partial charge in [0, 0.05) is 22.9 Å². The number of hydrogen-bond donors (Lipinski definition) is 1. The average Bonchev–Trinajstić information content (AvgIpc) is 2.88. The number of benzene rings is 1. The van der Waals surface area contributed by atoms with Gasteiger partial charge in [-0.05, 0) is 38.1 Å². The lowest BCUT2D eigenvalue weighted by molar-refractivity contribution is -0.0453. The summed E-state index contributed by atoms with van der Waals surface area (Å²) in [5.74, 6) is 2.09. The van der Waals surface area contributed by atoms with Crippen molar-refractivity contribution in [2.45, 2.75) is 36.5 Å². The number of likely N-dealkylation sites (N-methyl/N-ethyl adjacent to an activating group) is 1. The van der Waals surface area contributed by atoms with Gasteiger partial charge >= 0.3 is 0 Å². The molecule has 4 aliphatic rings. The average molecular weight is 380 g/mol. The summed E-state index contributed by atoms with van der Waals surface area (Å²) in [7, 11) is 3.91. The minimum absolute atomic E-state index is 0. The van der Waals surface area contributed by atoms with Crippen molar-refractivity contribution in [2.24, 2.45) is 5.92 Å². The monoisotopic (exact) mass is 379 g/mol. The Morgan fingerprint density at radius 2 is 2.17 bits per heavy atom. The molecule has 4 nitrogen and oxygen atoms in total. The number of likely N-dealkylation sites (tertiary alicyclic amines) is 1. The Morgan fingerprint density at radius 3 is 2.96 bits per heavy atom. The molecule has 1 N–H and O–H groups in total. The molecule has 1 saturated heterocycles. The second-order valence-electron chi connectivity index (χ2n) is 7.11. The molecule has 1 fully saturated rings. The van der Waals surface area contributed by atoms with Crippen molar-refractivity contribution in [3.05, 3.63) is 35.4 Å². The maximum atomic E-state index is 10.6. The van der Waals surface area contributed by atoms with E-state index >= 15 is 0 Å². The first kappa shape index (κ1) is 15.5. The second-order valence-corrected chi connectivity index (χ2v) is 7.11. The van der Waals surface area contributed by atoms with Crippen LogP contribution in [0.2, 0.25) is 0 Å². The lowest BCUT2D eigenvalue weighted by Crippen LogP contribution is -2.64. The Labute approximate surface area is 146 Å². The fourth-order valence-corrected chi connectivity index (χ4v) is 5.39. The van der Waals surface area contributed by atoms with E-state index in [1.165, 1.54) is 11.1 Å². The van der Waals surface area contributed by atoms with Crippen LogP contribution in [0.1, 0.15) is 17.5 Å². The molecular weight excluding hydrogens is 358 g/mol. The van der Waals surface area contributed by atoms with E-state index < -0.39 is 6.10 Å². The van der Waals surface area contributed by atoms with Gasteiger partial charge in [-0.2, -0.15) is 0 Å². The number of methoxy groups -OCH3 is 1. The SMILES string of the molecule is Br.COc1ccc2c3c1OC1C(O)C=CC4C(C2)N(C)CCC341. The zero-order chi connectivity index (χ0) is 15.1. The van der Waals surface area contributed by atoms with Crippen LogP contribution in [0.25, 0.3) is 0 Å². The number of rotatable bonds is 1. The number of piperidine rings is 1. The molecule has 23 heavy (non-hydrogen) atoms. The van der Waals surface area contributed by atoms with E-state index in [2.05, 4.69) is 24.1 Å². The fourth-order valence-electron chi connectivity index (χ4n) is 5.39. The molecule has 124 valence electrons. The molecule has 2 bridgehead atoms. The Morgan fingerprint density at radius 1 is 1.35 bits per heavy atom. The molecule has 5 atom stereocenters. The smallest absolute Gasteiger partial charge is 0.165 e. The number of nitrogens with zero attached hydrogens (tertiary/aromatic N) is 1. The molecule has 1 aromatic rings. The van der Waals surface area contributed by atoms with Gasteiger partial charge in [0.1, 0.15) is 12.2 Å². The molecule has 0 amide bonds. The largest absolute Gasteiger partial charge is 0.493 e. The molecule has 2 heterocycles. The van der Waals surface area contributed by atoms with E-state index in [1.807, 2.05) is 12.1 Å². The van der Waals surface area contributed by atoms with Crippen LogP contribution < -0.4 is 9.47 Å². The van der Waals surface area contributed by atoms with Crippen molar-refractivity contribution in [1.82, 2.24) is 4.90 Å². The van der Waals surface area contributed by atoms with Gasteiger partial charge in [-0.1, -0.05) is 18.2 Å². The van der Waals surface area contributed by atoms with Crippen LogP contribution in [-0.4, -0.2) is 49.0 Å². The van der Waals surface area contributed by atoms with Crippen molar-refractivity contribution < 1.29 is 14.6 Å². The molecule has 5 heteroatoms. The molecule has 0 radical (unpaired) electrons. The summed E-state index contributed by atoms with van der Waals surface area (Å²) in [6.45, 7) is 1.05. The summed E-state index contributed by atoms with van der Waals surface area (Å²) < 4.78 is 11.8. The Balaban J connectivity index is 0.00000135. The van der Waals surface area contributed by atoms with Gasteiger partial charge in [0.15, 0.2) is 11.5 Å². The van der Waals surface area contributed by atoms with Gasteiger partial charge in [0.05, 0.1) is 7.11 Å². The Hall–Kier alpha value is -1.04. The number of aliphatic hydroxyl groups excluding tert-OH is 1. The first-order valence-electron chi connectivity index (χ1n) is 8.10. The molecule has 1 spiro atoms. The number of hydrogen-bond acceptors (Lipinski definition) is 4. The van der Waals surface area contributed by atoms with E-state index in [0.29, 0.717) is 12.0 Å². The van der Waals surface area contributed by atoms with Crippen LogP contribution in [0, 0.1) is 5.92 Å². The third-order valence-electron chi connectivity index (χ3n) is 6.35. The van der Waals surface area contributed by atoms with Crippen LogP contribution >= 0.6 is 17.0 Å². The highest BCUT2D eigenvalue weighted by Gasteiger charge is 2.64. The predicted octanol–water partition coefficient (Wildman–Crippen LogP) is 2.08. The topological polar surface area (TPSA) is 41.9 Å². The van der Waals surface area contributed by atoms with Crippen LogP contribution in [0.4, 0.5) is 0 Å². The van der Waals surface area contributed by atoms with Crippen molar-refractivity contribution in [3.63, 3.8) is 0 Å². The van der Waals surface area contributed by atoms with Gasteiger partial charge in [-0.3, -0.25) is 0 Å². The Bertz CT molecular complexity index is 691. The van der Waals surface area contributed by atoms with Gasteiger partial charge in [-0.15, -0.1) is 17.0 Å². The van der Waals surface area contributed by atoms with E-state index in [4.69, 9.17) is 9.47 Å². The molecule has 0 aromatic heterocycles. The number of halogens is 1. The Kier molecular flexibility index (Phi) is 3.35. The van der Waals surface area contributed by atoms with E-state index in [1.54, 1.807) is 7.11 Å². The van der Waals surface area contributed by atoms with E-state index in [9.17, 15) is 5.11 Å². The summed E-state index contributed by atoms with van der Waals surface area (Å²) in [5, 5.41) is 10.6. The summed E-state index contributed by atoms with van der Waals surface area (Å²) in [6.07, 6.45) is 5.54. The first-order valence-corrected chi connectivity index (χ1v) is 8.10. The zero-order valence-corrected chi connectivity index (χ0v) is 15.1. The minimum Gasteiger partial charge on any atom is -0.493 e. The fraction of sp³-hybridized carbons (Fsp3) is 0.556. The van der Waals surface area contributed by atoms with Crippen molar-refractivity contribution in [1.29, 1.82) is 0 Å². The lowest BCUT2D eigenvalue weighted by atomic mass is 9.53. The van der Waals surface area contributed by atoms with Crippen molar-refractivity contribution >= 4 is 17.0 Å². The predicted molar refractivity (Wildman–Crippen MR) is 92.8 cm³/mol. The number of aliphatic hydroxyl groups is 1. The third-order valence-corrected chi connectivity index (χ3v) is 6.35. The van der Waals surface area contributed by atoms with Crippen LogP contribution in [-0.2, 0) is 11.8 Å². The summed E-state index contributed by atoms with van der Waals surface area (Å²) >= 11 is 0. The maximum Gasteiger partial charge on any atom is 0.165 e. The summed E-state index contributed by atoms with van der Waals surface area (Å²) in [5.41, 5.74) is 2.60. The summed E-state index contributed by atoms with van der Waals surface area (Å²) in [4.78, 5) is 2.47. The standard InChI is InChI=1S/C18H21NO3.BrH/c1-19-8-7-18-11-4-5-13(20)17(18)22-16-14(21-2)6-3-10(15(16)18)9-12(11)19;/h3-6,11-13,17,20H,7-9H2,1-2H3;1H. The van der Waals surface area contributed by atoms with Gasteiger partial charge in [-0.25, -0.2) is 0 Å². The van der Waals surface area contributed by atoms with Crippen LogP contribution in [0.5, 0.6) is 11.5 Å². The second kappa shape index (κ2) is 4.98. The van der Waals surface area contributed by atoms with Gasteiger partial charge in [0.2, 0.25) is 0 Å². The van der Waals surface area contributed by atoms with Gasteiger partial charge < -0.3 is 19.5 Å². The van der Waals surface area contributed by atoms with E-state index in [0.717, 1.165) is 30.9 Å². The molecule has 5 unspecified atom stereocenters. The highest BCUT2D eigenvalue weighted by molar-refractivity contribution is 8.93. The highest BCUT2D eigenvalue weighted by Crippen LogP contribution is 2.62. The zero-order valence-electron chi connectivity index (χ0n) is 13.4. The molecule has 1 aromatic carbocycles. The minimum atomic E-state index is -0.539. The molecular formula is C18H22BrNO3. The maximum absolute atomic E-state index is 10.6. The summed E-state index contributed by atoms with van der Waals surface area (Å²) in [6, 6.07) is 4.70. The van der Waals surface area contributed by atoms with Crippen LogP contribution in [0.3, 0.4) is 0 Å². The van der Waals surface area contributed by atoms with Crippen molar-refractivity contribution in [3.8, 4) is 11.5 Å². The quantitative estimate of drug-likeness (QED) is 0.758. The molecule has 5 rings (SSSR count). The van der Waals surface area contributed by atoms with Crippen molar-refractivity contribution in [2.75, 3.05) is 20.7 Å². The highest BCUT2D eigenvalue weighted by atomic mass is 79.9. The van der Waals surface area contributed by atoms with Gasteiger partial charge in [0.25, 0.3) is 0 Å².